The lowest BCUT2D eigenvalue weighted by atomic mass is 9.88. The van der Waals surface area contributed by atoms with Crippen LogP contribution in [0.25, 0.3) is 0 Å². The maximum Gasteiger partial charge on any atom is 0.151 e. The molecule has 6 heteroatoms. The maximum absolute atomic E-state index is 4.42. The SMILES string of the molecule is CC1CCc2nnc(NCC3CN(c4ccc(C5CC5)nn4)C3)cc2C1. The summed E-state index contributed by atoms with van der Waals surface area (Å²) in [6.07, 6.45) is 5.98. The van der Waals surface area contributed by atoms with E-state index in [0.717, 1.165) is 55.7 Å². The predicted octanol–water partition coefficient (Wildman–Crippen LogP) is 2.82. The van der Waals surface area contributed by atoms with Crippen molar-refractivity contribution in [3.8, 4) is 0 Å². The number of hydrogen-bond donors (Lipinski definition) is 1. The Kier molecular flexibility index (Phi) is 3.98. The second-order valence-corrected chi connectivity index (χ2v) is 8.29. The van der Waals surface area contributed by atoms with E-state index < -0.39 is 0 Å². The van der Waals surface area contributed by atoms with Crippen LogP contribution >= 0.6 is 0 Å². The second kappa shape index (κ2) is 6.49. The first-order chi connectivity index (χ1) is 12.7. The quantitative estimate of drug-likeness (QED) is 0.894. The van der Waals surface area contributed by atoms with Gasteiger partial charge in [-0.05, 0) is 61.8 Å². The molecule has 2 aliphatic carbocycles. The Hall–Kier alpha value is -2.24. The number of aromatic nitrogens is 4. The number of nitrogens with one attached hydrogen (secondary N) is 1. The highest BCUT2D eigenvalue weighted by atomic mass is 15.3. The highest BCUT2D eigenvalue weighted by molar-refractivity contribution is 5.43. The molecule has 1 atom stereocenters. The van der Waals surface area contributed by atoms with E-state index >= 15 is 0 Å². The van der Waals surface area contributed by atoms with Crippen LogP contribution in [0.15, 0.2) is 18.2 Å². The number of anilines is 2. The number of fused-ring (bicyclic) bond motifs is 1. The van der Waals surface area contributed by atoms with Crippen LogP contribution in [0.3, 0.4) is 0 Å². The summed E-state index contributed by atoms with van der Waals surface area (Å²) in [5, 5.41) is 21.1. The topological polar surface area (TPSA) is 66.8 Å². The minimum atomic E-state index is 0.622. The summed E-state index contributed by atoms with van der Waals surface area (Å²) in [4.78, 5) is 2.30. The Morgan fingerprint density at radius 1 is 1.08 bits per heavy atom. The highest BCUT2D eigenvalue weighted by Gasteiger charge is 2.29. The molecular weight excluding hydrogens is 324 g/mol. The van der Waals surface area contributed by atoms with E-state index in [4.69, 9.17) is 0 Å². The highest BCUT2D eigenvalue weighted by Crippen LogP contribution is 2.39. The first kappa shape index (κ1) is 16.0. The summed E-state index contributed by atoms with van der Waals surface area (Å²) in [6, 6.07) is 6.48. The zero-order chi connectivity index (χ0) is 17.5. The van der Waals surface area contributed by atoms with Crippen molar-refractivity contribution in [1.29, 1.82) is 0 Å². The van der Waals surface area contributed by atoms with Gasteiger partial charge in [-0.15, -0.1) is 10.2 Å². The van der Waals surface area contributed by atoms with E-state index in [1.165, 1.54) is 30.5 Å². The number of hydrogen-bond acceptors (Lipinski definition) is 6. The molecule has 26 heavy (non-hydrogen) atoms. The average Bonchev–Trinajstić information content (AvgIpc) is 3.45. The minimum absolute atomic E-state index is 0.622. The van der Waals surface area contributed by atoms with Crippen molar-refractivity contribution in [3.05, 3.63) is 35.2 Å². The van der Waals surface area contributed by atoms with Crippen molar-refractivity contribution >= 4 is 11.6 Å². The van der Waals surface area contributed by atoms with Gasteiger partial charge in [-0.3, -0.25) is 0 Å². The second-order valence-electron chi connectivity index (χ2n) is 8.29. The molecule has 1 saturated heterocycles. The van der Waals surface area contributed by atoms with Crippen LogP contribution in [0.1, 0.15) is 49.1 Å². The van der Waals surface area contributed by atoms with Crippen LogP contribution in [0.5, 0.6) is 0 Å². The molecular formula is C20H26N6. The molecule has 0 radical (unpaired) electrons. The van der Waals surface area contributed by atoms with Gasteiger partial charge in [-0.1, -0.05) is 6.92 Å². The van der Waals surface area contributed by atoms with Crippen LogP contribution in [-0.2, 0) is 12.8 Å². The van der Waals surface area contributed by atoms with Crippen molar-refractivity contribution in [1.82, 2.24) is 20.4 Å². The fraction of sp³-hybridized carbons (Fsp3) is 0.600. The largest absolute Gasteiger partial charge is 0.368 e. The van der Waals surface area contributed by atoms with Gasteiger partial charge in [0.05, 0.1) is 11.4 Å². The van der Waals surface area contributed by atoms with Gasteiger partial charge in [-0.25, -0.2) is 0 Å². The van der Waals surface area contributed by atoms with E-state index in [9.17, 15) is 0 Å². The Morgan fingerprint density at radius 3 is 2.73 bits per heavy atom. The molecule has 5 rings (SSSR count). The zero-order valence-electron chi connectivity index (χ0n) is 15.4. The normalized spacial score (nSPS) is 22.7. The number of rotatable bonds is 5. The third kappa shape index (κ3) is 3.24. The lowest BCUT2D eigenvalue weighted by molar-refractivity contribution is 0.424. The molecule has 1 unspecified atom stereocenters. The summed E-state index contributed by atoms with van der Waals surface area (Å²) < 4.78 is 0. The fourth-order valence-electron chi connectivity index (χ4n) is 4.03. The lowest BCUT2D eigenvalue weighted by Gasteiger charge is -2.40. The van der Waals surface area contributed by atoms with Crippen LogP contribution in [0.2, 0.25) is 0 Å². The van der Waals surface area contributed by atoms with Gasteiger partial charge in [-0.2, -0.15) is 10.2 Å². The molecule has 0 aromatic carbocycles. The van der Waals surface area contributed by atoms with Crippen molar-refractivity contribution in [2.24, 2.45) is 11.8 Å². The summed E-state index contributed by atoms with van der Waals surface area (Å²) in [5.41, 5.74) is 3.73. The molecule has 1 N–H and O–H groups in total. The third-order valence-electron chi connectivity index (χ3n) is 5.92. The molecule has 1 saturated carbocycles. The van der Waals surface area contributed by atoms with Crippen LogP contribution in [-0.4, -0.2) is 40.0 Å². The van der Waals surface area contributed by atoms with Crippen LogP contribution in [0.4, 0.5) is 11.6 Å². The fourth-order valence-corrected chi connectivity index (χ4v) is 4.03. The van der Waals surface area contributed by atoms with Crippen molar-refractivity contribution in [2.45, 2.75) is 44.9 Å². The van der Waals surface area contributed by atoms with Crippen LogP contribution < -0.4 is 10.2 Å². The Bertz CT molecular complexity index is 779. The van der Waals surface area contributed by atoms with E-state index in [2.05, 4.69) is 55.7 Å². The van der Waals surface area contributed by atoms with Gasteiger partial charge >= 0.3 is 0 Å². The summed E-state index contributed by atoms with van der Waals surface area (Å²) in [6.45, 7) is 5.31. The molecule has 1 aliphatic heterocycles. The Labute approximate surface area is 154 Å². The number of nitrogens with zero attached hydrogens (tertiary/aromatic N) is 5. The molecule has 3 heterocycles. The standard InChI is InChI=1S/C20H26N6/c1-13-2-5-18-16(8-13)9-19(24-22-18)21-10-14-11-26(12-14)20-7-6-17(23-25-20)15-3-4-15/h6-7,9,13-15H,2-5,8,10-12H2,1H3,(H,21,24). The van der Waals surface area contributed by atoms with Gasteiger partial charge < -0.3 is 10.2 Å². The Morgan fingerprint density at radius 2 is 1.96 bits per heavy atom. The molecule has 2 aromatic heterocycles. The van der Waals surface area contributed by atoms with Crippen molar-refractivity contribution < 1.29 is 0 Å². The first-order valence-corrected chi connectivity index (χ1v) is 9.92. The summed E-state index contributed by atoms with van der Waals surface area (Å²) in [5.74, 6) is 3.98. The lowest BCUT2D eigenvalue weighted by Crippen LogP contribution is -2.50. The van der Waals surface area contributed by atoms with Gasteiger partial charge in [0.2, 0.25) is 0 Å². The van der Waals surface area contributed by atoms with E-state index in [0.29, 0.717) is 11.8 Å². The monoisotopic (exact) mass is 350 g/mol. The van der Waals surface area contributed by atoms with Gasteiger partial charge in [0.15, 0.2) is 5.82 Å². The molecule has 3 aliphatic rings. The van der Waals surface area contributed by atoms with Crippen molar-refractivity contribution in [3.63, 3.8) is 0 Å². The predicted molar refractivity (Wildman–Crippen MR) is 101 cm³/mol. The first-order valence-electron chi connectivity index (χ1n) is 9.92. The zero-order valence-corrected chi connectivity index (χ0v) is 15.4. The molecule has 0 bridgehead atoms. The smallest absolute Gasteiger partial charge is 0.151 e. The minimum Gasteiger partial charge on any atom is -0.368 e. The number of aryl methyl sites for hydroxylation is 1. The van der Waals surface area contributed by atoms with Gasteiger partial charge in [0.1, 0.15) is 5.82 Å². The van der Waals surface area contributed by atoms with Gasteiger partial charge in [0.25, 0.3) is 0 Å². The van der Waals surface area contributed by atoms with E-state index in [1.807, 2.05) is 0 Å². The third-order valence-corrected chi connectivity index (χ3v) is 5.92. The van der Waals surface area contributed by atoms with Crippen LogP contribution in [0, 0.1) is 11.8 Å². The molecule has 0 spiro atoms. The molecule has 6 nitrogen and oxygen atoms in total. The van der Waals surface area contributed by atoms with Gasteiger partial charge in [0, 0.05) is 31.5 Å². The average molecular weight is 350 g/mol. The summed E-state index contributed by atoms with van der Waals surface area (Å²) in [7, 11) is 0. The molecule has 2 fully saturated rings. The summed E-state index contributed by atoms with van der Waals surface area (Å²) >= 11 is 0. The van der Waals surface area contributed by atoms with E-state index in [-0.39, 0.29) is 0 Å². The Balaban J connectivity index is 1.13. The van der Waals surface area contributed by atoms with Crippen molar-refractivity contribution in [2.75, 3.05) is 29.9 Å². The maximum atomic E-state index is 4.42. The van der Waals surface area contributed by atoms with E-state index in [1.54, 1.807) is 0 Å². The molecule has 0 amide bonds. The molecule has 136 valence electrons. The molecule has 2 aromatic rings.